The van der Waals surface area contributed by atoms with Crippen LogP contribution in [0.25, 0.3) is 52.8 Å². The molecule has 316 valence electrons. The normalized spacial score (nSPS) is 14.1. The molecule has 1 aliphatic heterocycles. The molecule has 3 aliphatic rings. The highest BCUT2D eigenvalue weighted by molar-refractivity contribution is 7.26. The van der Waals surface area contributed by atoms with Crippen molar-refractivity contribution in [2.24, 2.45) is 0 Å². The Morgan fingerprint density at radius 1 is 0.448 bits per heavy atom. The fourth-order valence-corrected chi connectivity index (χ4v) is 12.7. The predicted molar refractivity (Wildman–Crippen MR) is 281 cm³/mol. The molecular formula is C63H42N2OS. The molecule has 0 N–H and O–H groups in total. The van der Waals surface area contributed by atoms with Crippen LogP contribution in [-0.2, 0) is 5.41 Å². The van der Waals surface area contributed by atoms with Crippen molar-refractivity contribution in [2.75, 3.05) is 9.80 Å². The van der Waals surface area contributed by atoms with Crippen LogP contribution in [0, 0.1) is 0 Å². The molecular weight excluding hydrogens is 833 g/mol. The Hall–Kier alpha value is -8.18. The molecule has 11 aromatic rings. The number of fused-ring (bicyclic) bond motifs is 14. The zero-order valence-electron chi connectivity index (χ0n) is 36.6. The van der Waals surface area contributed by atoms with E-state index in [-0.39, 0.29) is 0 Å². The van der Waals surface area contributed by atoms with Crippen LogP contribution in [0.4, 0.5) is 28.4 Å². The Balaban J connectivity index is 1.01. The molecule has 0 saturated carbocycles. The maximum absolute atomic E-state index is 7.31. The first-order valence-electron chi connectivity index (χ1n) is 23.2. The number of rotatable bonds is 6. The van der Waals surface area contributed by atoms with Gasteiger partial charge in [-0.25, -0.2) is 0 Å². The zero-order chi connectivity index (χ0) is 44.1. The van der Waals surface area contributed by atoms with Crippen LogP contribution in [0.5, 0.6) is 11.5 Å². The monoisotopic (exact) mass is 874 g/mol. The summed E-state index contributed by atoms with van der Waals surface area (Å²) >= 11 is 1.87. The van der Waals surface area contributed by atoms with Crippen LogP contribution in [0.3, 0.4) is 0 Å². The maximum atomic E-state index is 7.31. The van der Waals surface area contributed by atoms with Crippen LogP contribution in [0.15, 0.2) is 236 Å². The number of hydrogen-bond acceptors (Lipinski definition) is 4. The summed E-state index contributed by atoms with van der Waals surface area (Å²) in [5, 5.41) is 7.32. The van der Waals surface area contributed by atoms with Gasteiger partial charge < -0.3 is 14.5 Å². The van der Waals surface area contributed by atoms with Gasteiger partial charge in [-0.1, -0.05) is 170 Å². The van der Waals surface area contributed by atoms with Crippen LogP contribution >= 0.6 is 11.3 Å². The average molecular weight is 875 g/mol. The molecule has 2 aliphatic carbocycles. The van der Waals surface area contributed by atoms with Crippen LogP contribution in [0.1, 0.15) is 35.1 Å². The lowest BCUT2D eigenvalue weighted by atomic mass is 9.66. The van der Waals surface area contributed by atoms with E-state index in [1.165, 1.54) is 69.5 Å². The highest BCUT2D eigenvalue weighted by Gasteiger charge is 2.51. The van der Waals surface area contributed by atoms with Crippen molar-refractivity contribution in [3.05, 3.63) is 259 Å². The van der Waals surface area contributed by atoms with Gasteiger partial charge in [-0.05, 0) is 117 Å². The molecule has 3 nitrogen and oxygen atoms in total. The highest BCUT2D eigenvalue weighted by Crippen LogP contribution is 2.64. The van der Waals surface area contributed by atoms with E-state index in [9.17, 15) is 0 Å². The van der Waals surface area contributed by atoms with E-state index in [1.807, 2.05) is 11.3 Å². The topological polar surface area (TPSA) is 15.7 Å². The summed E-state index contributed by atoms with van der Waals surface area (Å²) < 4.78 is 9.78. The van der Waals surface area contributed by atoms with Crippen molar-refractivity contribution in [2.45, 2.75) is 18.3 Å². The summed E-state index contributed by atoms with van der Waals surface area (Å²) in [4.78, 5) is 4.94. The van der Waals surface area contributed by atoms with Gasteiger partial charge in [0, 0.05) is 43.7 Å². The van der Waals surface area contributed by atoms with Gasteiger partial charge in [0.25, 0.3) is 0 Å². The Labute approximate surface area is 393 Å². The van der Waals surface area contributed by atoms with Gasteiger partial charge >= 0.3 is 0 Å². The summed E-state index contributed by atoms with van der Waals surface area (Å²) in [6, 6.07) is 78.1. The summed E-state index contributed by atoms with van der Waals surface area (Å²) in [5.41, 5.74) is 13.5. The Morgan fingerprint density at radius 3 is 1.73 bits per heavy atom. The number of nitrogens with zero attached hydrogens (tertiary/aromatic N) is 2. The molecule has 1 aromatic heterocycles. The van der Waals surface area contributed by atoms with E-state index in [1.54, 1.807) is 0 Å². The Morgan fingerprint density at radius 2 is 1.03 bits per heavy atom. The van der Waals surface area contributed by atoms with Gasteiger partial charge in [0.15, 0.2) is 5.75 Å². The van der Waals surface area contributed by atoms with Crippen LogP contribution < -0.4 is 14.5 Å². The second-order valence-corrected chi connectivity index (χ2v) is 18.9. The van der Waals surface area contributed by atoms with E-state index in [2.05, 4.69) is 240 Å². The third-order valence-corrected chi connectivity index (χ3v) is 15.5. The molecule has 1 spiro atoms. The van der Waals surface area contributed by atoms with Gasteiger partial charge in [0.2, 0.25) is 0 Å². The molecule has 2 heterocycles. The smallest absolute Gasteiger partial charge is 0.156 e. The van der Waals surface area contributed by atoms with Crippen LogP contribution in [-0.4, -0.2) is 0 Å². The number of ether oxygens (including phenoxy) is 1. The van der Waals surface area contributed by atoms with Crippen molar-refractivity contribution in [1.82, 2.24) is 0 Å². The summed E-state index contributed by atoms with van der Waals surface area (Å²) in [6.45, 7) is 0. The lowest BCUT2D eigenvalue weighted by Crippen LogP contribution is -2.33. The fraction of sp³-hybridized carbons (Fsp3) is 0.0476. The highest BCUT2D eigenvalue weighted by atomic mass is 32.1. The van der Waals surface area contributed by atoms with Crippen molar-refractivity contribution >= 4 is 81.5 Å². The number of anilines is 5. The molecule has 67 heavy (non-hydrogen) atoms. The first kappa shape index (κ1) is 38.1. The van der Waals surface area contributed by atoms with Crippen molar-refractivity contribution in [1.29, 1.82) is 0 Å². The van der Waals surface area contributed by atoms with Crippen molar-refractivity contribution in [3.63, 3.8) is 0 Å². The van der Waals surface area contributed by atoms with Crippen molar-refractivity contribution in [3.8, 4) is 22.6 Å². The van der Waals surface area contributed by atoms with Gasteiger partial charge in [-0.3, -0.25) is 0 Å². The number of hydrogen-bond donors (Lipinski definition) is 0. The summed E-state index contributed by atoms with van der Waals surface area (Å²) in [6.07, 6.45) is 8.98. The number of benzene rings is 10. The molecule has 0 radical (unpaired) electrons. The minimum atomic E-state index is -0.569. The predicted octanol–water partition coefficient (Wildman–Crippen LogP) is 17.7. The quantitative estimate of drug-likeness (QED) is 0.166. The first-order valence-corrected chi connectivity index (χ1v) is 24.0. The number of thiophene rings is 1. The molecule has 0 amide bonds. The standard InChI is InChI=1S/C63H42N2OS/c1-2-21-45(22-3-1)65(56-31-15-29-54-61(56)66-58-33-13-12-28-53(58)63(54)51-26-10-8-23-48(51)49-24-9-11-27-52(49)63)55-30-16-34-59-60(55)50-25-14-32-57(62(50)67-59)64(46-37-35-41-17-4-6-19-43(41)39-46)47-38-36-42-18-5-7-20-44(42)40-47/h2,4-40H,1,3H2. The van der Waals surface area contributed by atoms with E-state index in [0.717, 1.165) is 64.0 Å². The molecule has 14 rings (SSSR count). The third kappa shape index (κ3) is 5.63. The average Bonchev–Trinajstić information content (AvgIpc) is 3.92. The molecule has 0 saturated heterocycles. The molecule has 10 aromatic carbocycles. The lowest BCUT2D eigenvalue weighted by molar-refractivity contribution is 0.437. The summed E-state index contributed by atoms with van der Waals surface area (Å²) in [5.74, 6) is 1.76. The van der Waals surface area contributed by atoms with Gasteiger partial charge in [-0.15, -0.1) is 11.3 Å². The molecule has 0 bridgehead atoms. The Kier molecular flexibility index (Phi) is 8.49. The second kappa shape index (κ2) is 14.9. The minimum Gasteiger partial charge on any atom is -0.454 e. The minimum absolute atomic E-state index is 0.569. The van der Waals surface area contributed by atoms with E-state index >= 15 is 0 Å². The number of para-hydroxylation sites is 2. The molecule has 4 heteroatoms. The largest absolute Gasteiger partial charge is 0.454 e. The van der Waals surface area contributed by atoms with Gasteiger partial charge in [0.1, 0.15) is 5.75 Å². The second-order valence-electron chi connectivity index (χ2n) is 17.8. The first-order chi connectivity index (χ1) is 33.2. The SMILES string of the molecule is C1=CC(N(c2cccc3c2Oc2ccccc2C32c3ccccc3-c3ccccc32)c2cccc3sc4c(N(c5ccc6ccccc6c5)c5ccc6ccccc6c5)cccc4c23)=CCC1. The van der Waals surface area contributed by atoms with Gasteiger partial charge in [0.05, 0.1) is 27.2 Å². The fourth-order valence-electron chi connectivity index (χ4n) is 11.4. The van der Waals surface area contributed by atoms with E-state index in [4.69, 9.17) is 4.74 Å². The van der Waals surface area contributed by atoms with Crippen molar-refractivity contribution < 1.29 is 4.74 Å². The lowest BCUT2D eigenvalue weighted by Gasteiger charge is -2.41. The molecule has 0 fully saturated rings. The number of allylic oxidation sites excluding steroid dienone is 3. The van der Waals surface area contributed by atoms with Gasteiger partial charge in [-0.2, -0.15) is 0 Å². The zero-order valence-corrected chi connectivity index (χ0v) is 37.4. The van der Waals surface area contributed by atoms with Crippen LogP contribution in [0.2, 0.25) is 0 Å². The molecule has 0 atom stereocenters. The van der Waals surface area contributed by atoms with E-state index in [0.29, 0.717) is 0 Å². The van der Waals surface area contributed by atoms with E-state index < -0.39 is 5.41 Å². The third-order valence-electron chi connectivity index (χ3n) is 14.3. The maximum Gasteiger partial charge on any atom is 0.156 e. The Bertz CT molecular complexity index is 3770. The summed E-state index contributed by atoms with van der Waals surface area (Å²) in [7, 11) is 0. The molecule has 0 unspecified atom stereocenters.